The summed E-state index contributed by atoms with van der Waals surface area (Å²) in [6, 6.07) is 8.85. The van der Waals surface area contributed by atoms with E-state index in [1.807, 2.05) is 6.92 Å². The monoisotopic (exact) mass is 368 g/mol. The van der Waals surface area contributed by atoms with Crippen LogP contribution in [-0.4, -0.2) is 16.9 Å². The van der Waals surface area contributed by atoms with Crippen molar-refractivity contribution in [1.82, 2.24) is 0 Å². The van der Waals surface area contributed by atoms with E-state index in [0.717, 1.165) is 5.56 Å². The summed E-state index contributed by atoms with van der Waals surface area (Å²) in [5, 5.41) is 14.1. The first kappa shape index (κ1) is 18.0. The molecular formula is C16H14Cl2N2O4. The van der Waals surface area contributed by atoms with E-state index in [9.17, 15) is 14.9 Å². The molecule has 1 amide bonds. The minimum absolute atomic E-state index is 0.152. The zero-order valence-electron chi connectivity index (χ0n) is 12.9. The van der Waals surface area contributed by atoms with Gasteiger partial charge < -0.3 is 10.1 Å². The number of carbonyl (C=O) groups excluding carboxylic acids is 1. The molecule has 0 saturated carbocycles. The van der Waals surface area contributed by atoms with Crippen molar-refractivity contribution >= 4 is 40.5 Å². The zero-order chi connectivity index (χ0) is 17.9. The molecule has 0 aromatic heterocycles. The van der Waals surface area contributed by atoms with Crippen LogP contribution in [0.5, 0.6) is 5.75 Å². The van der Waals surface area contributed by atoms with Crippen LogP contribution in [0, 0.1) is 17.0 Å². The Balaban J connectivity index is 2.11. The molecule has 6 nitrogen and oxygen atoms in total. The third-order valence-corrected chi connectivity index (χ3v) is 3.79. The second-order valence-corrected chi connectivity index (χ2v) is 5.92. The molecule has 1 N–H and O–H groups in total. The quantitative estimate of drug-likeness (QED) is 0.616. The van der Waals surface area contributed by atoms with Gasteiger partial charge in [0.25, 0.3) is 11.6 Å². The van der Waals surface area contributed by atoms with Gasteiger partial charge in [-0.2, -0.15) is 0 Å². The summed E-state index contributed by atoms with van der Waals surface area (Å²) in [5.41, 5.74) is 0.770. The minimum Gasteiger partial charge on any atom is -0.481 e. The summed E-state index contributed by atoms with van der Waals surface area (Å²) >= 11 is 11.8. The highest BCUT2D eigenvalue weighted by atomic mass is 35.5. The van der Waals surface area contributed by atoms with Crippen molar-refractivity contribution in [2.24, 2.45) is 0 Å². The lowest BCUT2D eigenvalue weighted by Gasteiger charge is -2.16. The fourth-order valence-electron chi connectivity index (χ4n) is 1.95. The number of hydrogen-bond acceptors (Lipinski definition) is 4. The van der Waals surface area contributed by atoms with E-state index in [4.69, 9.17) is 27.9 Å². The number of nitrogens with zero attached hydrogens (tertiary/aromatic N) is 1. The average Bonchev–Trinajstić information content (AvgIpc) is 2.51. The van der Waals surface area contributed by atoms with Gasteiger partial charge in [0.1, 0.15) is 5.75 Å². The largest absolute Gasteiger partial charge is 0.481 e. The van der Waals surface area contributed by atoms with Crippen molar-refractivity contribution in [1.29, 1.82) is 0 Å². The number of carbonyl (C=O) groups is 1. The lowest BCUT2D eigenvalue weighted by molar-refractivity contribution is -0.384. The van der Waals surface area contributed by atoms with Crippen molar-refractivity contribution in [3.05, 3.63) is 62.1 Å². The maximum absolute atomic E-state index is 12.2. The van der Waals surface area contributed by atoms with Gasteiger partial charge in [0.05, 0.1) is 15.6 Å². The van der Waals surface area contributed by atoms with Gasteiger partial charge in [-0.05, 0) is 43.7 Å². The van der Waals surface area contributed by atoms with Gasteiger partial charge >= 0.3 is 0 Å². The van der Waals surface area contributed by atoms with E-state index in [1.165, 1.54) is 18.2 Å². The normalized spacial score (nSPS) is 11.7. The number of anilines is 1. The second kappa shape index (κ2) is 7.51. The third kappa shape index (κ3) is 4.37. The predicted molar refractivity (Wildman–Crippen MR) is 93.0 cm³/mol. The highest BCUT2D eigenvalue weighted by molar-refractivity contribution is 6.33. The van der Waals surface area contributed by atoms with Crippen LogP contribution in [0.2, 0.25) is 10.0 Å². The van der Waals surface area contributed by atoms with Crippen molar-refractivity contribution in [2.45, 2.75) is 20.0 Å². The van der Waals surface area contributed by atoms with Crippen molar-refractivity contribution in [2.75, 3.05) is 5.32 Å². The van der Waals surface area contributed by atoms with Crippen LogP contribution in [0.25, 0.3) is 0 Å². The predicted octanol–water partition coefficient (Wildman–Crippen LogP) is 4.62. The van der Waals surface area contributed by atoms with Crippen LogP contribution in [0.3, 0.4) is 0 Å². The molecule has 0 heterocycles. The second-order valence-electron chi connectivity index (χ2n) is 5.08. The molecule has 0 saturated heterocycles. The van der Waals surface area contributed by atoms with Crippen LogP contribution >= 0.6 is 23.2 Å². The Kier molecular flexibility index (Phi) is 5.64. The Morgan fingerprint density at radius 3 is 2.58 bits per heavy atom. The van der Waals surface area contributed by atoms with E-state index in [0.29, 0.717) is 10.8 Å². The Morgan fingerprint density at radius 1 is 1.25 bits per heavy atom. The van der Waals surface area contributed by atoms with Crippen LogP contribution in [0.4, 0.5) is 11.4 Å². The topological polar surface area (TPSA) is 81.5 Å². The fraction of sp³-hybridized carbons (Fsp3) is 0.188. The standard InChI is InChI=1S/C16H14Cl2N2O4/c1-9-7-11(17)3-6-15(9)24-10(2)16(21)19-14-8-12(20(22)23)4-5-13(14)18/h3-8,10H,1-2H3,(H,19,21)/t10-/m1/s1. The molecule has 2 aromatic rings. The molecular weight excluding hydrogens is 355 g/mol. The van der Waals surface area contributed by atoms with Crippen LogP contribution in [0.15, 0.2) is 36.4 Å². The number of hydrogen-bond donors (Lipinski definition) is 1. The number of ether oxygens (including phenoxy) is 1. The lowest BCUT2D eigenvalue weighted by Crippen LogP contribution is -2.30. The molecule has 1 atom stereocenters. The van der Waals surface area contributed by atoms with Crippen molar-refractivity contribution in [3.63, 3.8) is 0 Å². The summed E-state index contributed by atoms with van der Waals surface area (Å²) in [4.78, 5) is 22.5. The van der Waals surface area contributed by atoms with Gasteiger partial charge in [-0.1, -0.05) is 23.2 Å². The van der Waals surface area contributed by atoms with Crippen molar-refractivity contribution in [3.8, 4) is 5.75 Å². The van der Waals surface area contributed by atoms with Gasteiger partial charge in [-0.15, -0.1) is 0 Å². The van der Waals surface area contributed by atoms with Crippen LogP contribution < -0.4 is 10.1 Å². The molecule has 0 aliphatic heterocycles. The summed E-state index contributed by atoms with van der Waals surface area (Å²) in [6.45, 7) is 3.37. The fourth-order valence-corrected chi connectivity index (χ4v) is 2.34. The van der Waals surface area contributed by atoms with E-state index in [1.54, 1.807) is 25.1 Å². The van der Waals surface area contributed by atoms with Gasteiger partial charge in [-0.3, -0.25) is 14.9 Å². The maximum Gasteiger partial charge on any atom is 0.271 e. The molecule has 2 aromatic carbocycles. The number of nitro groups is 1. The highest BCUT2D eigenvalue weighted by Crippen LogP contribution is 2.27. The zero-order valence-corrected chi connectivity index (χ0v) is 14.4. The van der Waals surface area contributed by atoms with Crippen molar-refractivity contribution < 1.29 is 14.5 Å². The van der Waals surface area contributed by atoms with E-state index < -0.39 is 16.9 Å². The molecule has 0 aliphatic rings. The van der Waals surface area contributed by atoms with Crippen LogP contribution in [0.1, 0.15) is 12.5 Å². The number of nitrogens with one attached hydrogen (secondary N) is 1. The SMILES string of the molecule is Cc1cc(Cl)ccc1O[C@H](C)C(=O)Nc1cc([N+](=O)[O-])ccc1Cl. The summed E-state index contributed by atoms with van der Waals surface area (Å²) in [5.74, 6) is 0.0407. The average molecular weight is 369 g/mol. The van der Waals surface area contributed by atoms with E-state index in [2.05, 4.69) is 5.32 Å². The minimum atomic E-state index is -0.833. The Labute approximate surface area is 148 Å². The molecule has 24 heavy (non-hydrogen) atoms. The summed E-state index contributed by atoms with van der Waals surface area (Å²) in [7, 11) is 0. The molecule has 8 heteroatoms. The Morgan fingerprint density at radius 2 is 1.96 bits per heavy atom. The molecule has 0 unspecified atom stereocenters. The van der Waals surface area contributed by atoms with Gasteiger partial charge in [0.15, 0.2) is 6.10 Å². The number of benzene rings is 2. The van der Waals surface area contributed by atoms with Gasteiger partial charge in [0.2, 0.25) is 0 Å². The molecule has 0 fully saturated rings. The molecule has 0 bridgehead atoms. The molecule has 0 spiro atoms. The first-order valence-corrected chi connectivity index (χ1v) is 7.71. The van der Waals surface area contributed by atoms with Crippen LogP contribution in [-0.2, 0) is 4.79 Å². The summed E-state index contributed by atoms with van der Waals surface area (Å²) < 4.78 is 5.60. The summed E-state index contributed by atoms with van der Waals surface area (Å²) in [6.07, 6.45) is -0.833. The van der Waals surface area contributed by atoms with Gasteiger partial charge in [0, 0.05) is 17.2 Å². The smallest absolute Gasteiger partial charge is 0.271 e. The maximum atomic E-state index is 12.2. The Bertz CT molecular complexity index is 796. The van der Waals surface area contributed by atoms with E-state index >= 15 is 0 Å². The number of amides is 1. The molecule has 0 aliphatic carbocycles. The molecule has 126 valence electrons. The number of nitro benzene ring substituents is 1. The number of aryl methyl sites for hydroxylation is 1. The number of rotatable bonds is 5. The molecule has 0 radical (unpaired) electrons. The molecule has 2 rings (SSSR count). The third-order valence-electron chi connectivity index (χ3n) is 3.23. The Hall–Kier alpha value is -2.31. The van der Waals surface area contributed by atoms with Gasteiger partial charge in [-0.25, -0.2) is 0 Å². The number of non-ortho nitro benzene ring substituents is 1. The first-order valence-electron chi connectivity index (χ1n) is 6.95. The van der Waals surface area contributed by atoms with E-state index in [-0.39, 0.29) is 16.4 Å². The lowest BCUT2D eigenvalue weighted by atomic mass is 10.2. The first-order chi connectivity index (χ1) is 11.3. The highest BCUT2D eigenvalue weighted by Gasteiger charge is 2.18. The number of halogens is 2.